The van der Waals surface area contributed by atoms with Gasteiger partial charge in [-0.3, -0.25) is 9.69 Å². The molecule has 1 aromatic carbocycles. The first-order valence-corrected chi connectivity index (χ1v) is 13.7. The van der Waals surface area contributed by atoms with Gasteiger partial charge in [-0.25, -0.2) is 13.4 Å². The molecule has 0 aliphatic carbocycles. The lowest BCUT2D eigenvalue weighted by molar-refractivity contribution is 0.180. The number of rotatable bonds is 5. The van der Waals surface area contributed by atoms with Crippen LogP contribution >= 0.6 is 34.3 Å². The van der Waals surface area contributed by atoms with E-state index in [4.69, 9.17) is 11.6 Å². The zero-order valence-electron chi connectivity index (χ0n) is 17.6. The molecule has 5 rings (SSSR count). The number of hydrogen-bond acceptors (Lipinski definition) is 8. The number of aryl methyl sites for hydroxylation is 1. The summed E-state index contributed by atoms with van der Waals surface area (Å²) in [6, 6.07) is 12.6. The highest BCUT2D eigenvalue weighted by molar-refractivity contribution is 7.91. The van der Waals surface area contributed by atoms with Crippen LogP contribution in [0.3, 0.4) is 0 Å². The van der Waals surface area contributed by atoms with Crippen molar-refractivity contribution in [3.8, 4) is 10.6 Å². The number of halogens is 1. The highest BCUT2D eigenvalue weighted by atomic mass is 35.5. The van der Waals surface area contributed by atoms with E-state index in [2.05, 4.69) is 15.0 Å². The Balaban J connectivity index is 1.31. The van der Waals surface area contributed by atoms with Crippen LogP contribution in [0.4, 0.5) is 0 Å². The van der Waals surface area contributed by atoms with Crippen LogP contribution in [0, 0.1) is 6.92 Å². The predicted molar refractivity (Wildman–Crippen MR) is 131 cm³/mol. The van der Waals surface area contributed by atoms with Crippen molar-refractivity contribution in [1.82, 2.24) is 23.8 Å². The first-order chi connectivity index (χ1) is 15.8. The van der Waals surface area contributed by atoms with Gasteiger partial charge in [0.05, 0.1) is 10.0 Å². The number of hydrogen-bond donors (Lipinski definition) is 0. The fraction of sp³-hybridized carbons (Fsp3) is 0.286. The standard InChI is InChI=1S/C21H20ClN5O3S3/c1-14-4-2-3-5-16(14)20-24-27-18(28)12-15(23-21(27)32-20)13-25-8-10-26(11-9-25)33(29,30)19-7-6-17(22)31-19/h2-7,12H,8-11,13H2,1H3. The Morgan fingerprint density at radius 1 is 1.06 bits per heavy atom. The molecule has 0 bridgehead atoms. The molecule has 3 aromatic heterocycles. The molecule has 0 radical (unpaired) electrons. The van der Waals surface area contributed by atoms with Crippen molar-refractivity contribution in [2.24, 2.45) is 0 Å². The summed E-state index contributed by atoms with van der Waals surface area (Å²) >= 11 is 8.36. The number of nitrogens with zero attached hydrogens (tertiary/aromatic N) is 5. The Morgan fingerprint density at radius 2 is 1.82 bits per heavy atom. The van der Waals surface area contributed by atoms with Gasteiger partial charge >= 0.3 is 0 Å². The SMILES string of the molecule is Cc1ccccc1-c1nn2c(=O)cc(CN3CCN(S(=O)(=O)c4ccc(Cl)s4)CC3)nc2s1. The van der Waals surface area contributed by atoms with Crippen LogP contribution in [0.1, 0.15) is 11.3 Å². The maximum absolute atomic E-state index is 12.8. The molecule has 1 fully saturated rings. The fourth-order valence-electron chi connectivity index (χ4n) is 3.78. The minimum atomic E-state index is -3.54. The van der Waals surface area contributed by atoms with Crippen molar-refractivity contribution in [1.29, 1.82) is 0 Å². The van der Waals surface area contributed by atoms with E-state index >= 15 is 0 Å². The van der Waals surface area contributed by atoms with Crippen LogP contribution in [0.15, 0.2) is 51.5 Å². The second-order valence-corrected chi connectivity index (χ2v) is 12.6. The van der Waals surface area contributed by atoms with E-state index in [0.717, 1.165) is 27.5 Å². The molecule has 0 unspecified atom stereocenters. The minimum absolute atomic E-state index is 0.220. The third-order valence-corrected chi connectivity index (χ3v) is 10.1. The summed E-state index contributed by atoms with van der Waals surface area (Å²) in [7, 11) is -3.54. The van der Waals surface area contributed by atoms with Gasteiger partial charge in [-0.05, 0) is 24.6 Å². The van der Waals surface area contributed by atoms with E-state index in [-0.39, 0.29) is 9.77 Å². The molecule has 1 aliphatic heterocycles. The number of sulfonamides is 1. The maximum atomic E-state index is 12.8. The number of aromatic nitrogens is 3. The molecule has 0 spiro atoms. The zero-order chi connectivity index (χ0) is 23.2. The Kier molecular flexibility index (Phi) is 6.10. The van der Waals surface area contributed by atoms with Gasteiger partial charge in [0.15, 0.2) is 0 Å². The van der Waals surface area contributed by atoms with Gasteiger partial charge in [0, 0.05) is 44.4 Å². The van der Waals surface area contributed by atoms with Crippen LogP contribution in [-0.4, -0.2) is 58.4 Å². The molecular weight excluding hydrogens is 502 g/mol. The second-order valence-electron chi connectivity index (χ2n) is 7.74. The third kappa shape index (κ3) is 4.48. The molecule has 0 amide bonds. The number of fused-ring (bicyclic) bond motifs is 1. The van der Waals surface area contributed by atoms with Crippen molar-refractivity contribution in [3.63, 3.8) is 0 Å². The largest absolute Gasteiger partial charge is 0.295 e. The molecule has 4 heterocycles. The molecule has 172 valence electrons. The number of thiophene rings is 1. The monoisotopic (exact) mass is 521 g/mol. The smallest absolute Gasteiger partial charge is 0.275 e. The highest BCUT2D eigenvalue weighted by Crippen LogP contribution is 2.29. The molecule has 33 heavy (non-hydrogen) atoms. The predicted octanol–water partition coefficient (Wildman–Crippen LogP) is 3.35. The molecule has 8 nitrogen and oxygen atoms in total. The topological polar surface area (TPSA) is 87.9 Å². The Labute approximate surface area is 203 Å². The van der Waals surface area contributed by atoms with Gasteiger partial charge < -0.3 is 0 Å². The van der Waals surface area contributed by atoms with Crippen molar-refractivity contribution in [2.45, 2.75) is 17.7 Å². The van der Waals surface area contributed by atoms with Gasteiger partial charge in [-0.2, -0.15) is 13.9 Å². The molecule has 4 aromatic rings. The summed E-state index contributed by atoms with van der Waals surface area (Å²) < 4.78 is 29.1. The van der Waals surface area contributed by atoms with Crippen LogP contribution in [0.2, 0.25) is 4.34 Å². The Bertz CT molecular complexity index is 1490. The zero-order valence-corrected chi connectivity index (χ0v) is 20.8. The summed E-state index contributed by atoms with van der Waals surface area (Å²) in [6.07, 6.45) is 0. The summed E-state index contributed by atoms with van der Waals surface area (Å²) in [5.41, 5.74) is 2.50. The lowest BCUT2D eigenvalue weighted by Crippen LogP contribution is -2.48. The Morgan fingerprint density at radius 3 is 2.52 bits per heavy atom. The first kappa shape index (κ1) is 22.6. The summed E-state index contributed by atoms with van der Waals surface area (Å²) in [6.45, 7) is 4.33. The average Bonchev–Trinajstić information content (AvgIpc) is 3.41. The number of piperazine rings is 1. The fourth-order valence-corrected chi connectivity index (χ4v) is 7.85. The third-order valence-electron chi connectivity index (χ3n) is 5.53. The van der Waals surface area contributed by atoms with Gasteiger partial charge in [0.25, 0.3) is 15.6 Å². The van der Waals surface area contributed by atoms with E-state index < -0.39 is 10.0 Å². The van der Waals surface area contributed by atoms with Crippen LogP contribution in [0.25, 0.3) is 15.5 Å². The summed E-state index contributed by atoms with van der Waals surface area (Å²) in [4.78, 5) is 20.0. The van der Waals surface area contributed by atoms with Crippen LogP contribution in [-0.2, 0) is 16.6 Å². The first-order valence-electron chi connectivity index (χ1n) is 10.2. The van der Waals surface area contributed by atoms with Gasteiger partial charge in [0.1, 0.15) is 9.22 Å². The van der Waals surface area contributed by atoms with Gasteiger partial charge in [-0.15, -0.1) is 11.3 Å². The van der Waals surface area contributed by atoms with Crippen LogP contribution in [0.5, 0.6) is 0 Å². The van der Waals surface area contributed by atoms with E-state index in [0.29, 0.717) is 47.7 Å². The van der Waals surface area contributed by atoms with Crippen molar-refractivity contribution >= 4 is 49.3 Å². The summed E-state index contributed by atoms with van der Waals surface area (Å²) in [5.74, 6) is 0. The quantitative estimate of drug-likeness (QED) is 0.400. The van der Waals surface area contributed by atoms with E-state index in [1.165, 1.54) is 26.2 Å². The maximum Gasteiger partial charge on any atom is 0.275 e. The lowest BCUT2D eigenvalue weighted by atomic mass is 10.1. The molecule has 0 N–H and O–H groups in total. The van der Waals surface area contributed by atoms with E-state index in [1.54, 1.807) is 12.1 Å². The molecule has 12 heteroatoms. The van der Waals surface area contributed by atoms with Crippen molar-refractivity contribution < 1.29 is 8.42 Å². The van der Waals surface area contributed by atoms with Crippen LogP contribution < -0.4 is 5.56 Å². The normalized spacial score (nSPS) is 15.9. The summed E-state index contributed by atoms with van der Waals surface area (Å²) in [5, 5.41) is 5.22. The minimum Gasteiger partial charge on any atom is -0.295 e. The average molecular weight is 522 g/mol. The number of benzene rings is 1. The Hall–Kier alpha value is -2.15. The molecule has 1 saturated heterocycles. The molecule has 0 atom stereocenters. The second kappa shape index (κ2) is 8.90. The van der Waals surface area contributed by atoms with Crippen molar-refractivity contribution in [3.05, 3.63) is 68.4 Å². The van der Waals surface area contributed by atoms with Gasteiger partial charge in [-0.1, -0.05) is 47.2 Å². The van der Waals surface area contributed by atoms with E-state index in [9.17, 15) is 13.2 Å². The molecular formula is C21H20ClN5O3S3. The highest BCUT2D eigenvalue weighted by Gasteiger charge is 2.30. The lowest BCUT2D eigenvalue weighted by Gasteiger charge is -2.33. The van der Waals surface area contributed by atoms with Gasteiger partial charge in [0.2, 0.25) is 4.96 Å². The molecule has 1 aliphatic rings. The molecule has 0 saturated carbocycles. The van der Waals surface area contributed by atoms with E-state index in [1.807, 2.05) is 31.2 Å². The van der Waals surface area contributed by atoms with Crippen molar-refractivity contribution in [2.75, 3.05) is 26.2 Å².